The van der Waals surface area contributed by atoms with Gasteiger partial charge in [0, 0.05) is 6.61 Å². The highest BCUT2D eigenvalue weighted by Crippen LogP contribution is 2.34. The molecule has 2 aromatic heterocycles. The molecule has 0 amide bonds. The molecule has 15 atom stereocenters. The van der Waals surface area contributed by atoms with Gasteiger partial charge < -0.3 is 65.3 Å². The monoisotopic (exact) mass is 618 g/mol. The summed E-state index contributed by atoms with van der Waals surface area (Å²) >= 11 is 0. The van der Waals surface area contributed by atoms with E-state index in [1.54, 1.807) is 0 Å². The average molecular weight is 619 g/mol. The third-order valence-corrected chi connectivity index (χ3v) is 8.22. The lowest BCUT2D eigenvalue weighted by Crippen LogP contribution is -2.58. The molecule has 3 aliphatic heterocycles. The van der Waals surface area contributed by atoms with E-state index in [1.807, 2.05) is 0 Å². The van der Waals surface area contributed by atoms with Crippen molar-refractivity contribution in [2.45, 2.75) is 118 Å². The Labute approximate surface area is 244 Å². The Bertz CT molecular complexity index is 1200. The number of aliphatic hydroxyl groups excluding tert-OH is 10. The van der Waals surface area contributed by atoms with Gasteiger partial charge in [-0.2, -0.15) is 0 Å². The Balaban J connectivity index is 1.26. The van der Waals surface area contributed by atoms with Gasteiger partial charge in [0.25, 0.3) is 0 Å². The number of ether oxygens (including phenoxy) is 3. The van der Waals surface area contributed by atoms with Crippen LogP contribution < -0.4 is 0 Å². The minimum atomic E-state index is -1.66. The van der Waals surface area contributed by atoms with E-state index >= 15 is 0 Å². The zero-order valence-electron chi connectivity index (χ0n) is 23.0. The highest BCUT2D eigenvalue weighted by Gasteiger charge is 2.47. The Hall–Kier alpha value is -2.24. The van der Waals surface area contributed by atoms with E-state index in [4.69, 9.17) is 14.2 Å². The SMILES string of the molecule is C[C@H]1O[C@H](c2cn(C[C@H]3O[C@H](c4cn(C[C@H]5O[C@H](CCO)[C@@H](O)[C@@H](O)[C@@H]5O)nn4)[C@@H](O)[C@@H](O)[C@@H]3O)nn2)[C@@H](O)[C@@H](O)[C@@H]1O. The molecular formula is C24H38N6O13. The smallest absolute Gasteiger partial charge is 0.132 e. The summed E-state index contributed by atoms with van der Waals surface area (Å²) in [7, 11) is 0. The maximum absolute atomic E-state index is 10.7. The molecular weight excluding hydrogens is 580 g/mol. The Morgan fingerprint density at radius 1 is 0.581 bits per heavy atom. The van der Waals surface area contributed by atoms with E-state index in [-0.39, 0.29) is 37.5 Å². The van der Waals surface area contributed by atoms with Crippen molar-refractivity contribution in [2.24, 2.45) is 0 Å². The van der Waals surface area contributed by atoms with E-state index in [0.717, 1.165) is 0 Å². The van der Waals surface area contributed by atoms with E-state index in [0.29, 0.717) is 0 Å². The lowest BCUT2D eigenvalue weighted by Gasteiger charge is -2.40. The highest BCUT2D eigenvalue weighted by molar-refractivity contribution is 5.08. The normalized spacial score (nSPS) is 44.0. The molecule has 19 heteroatoms. The fraction of sp³-hybridized carbons (Fsp3) is 0.833. The van der Waals surface area contributed by atoms with Gasteiger partial charge in [0.15, 0.2) is 0 Å². The Morgan fingerprint density at radius 3 is 1.56 bits per heavy atom. The van der Waals surface area contributed by atoms with Crippen LogP contribution in [0.5, 0.6) is 0 Å². The third kappa shape index (κ3) is 6.31. The number of hydrogen-bond donors (Lipinski definition) is 10. The number of hydrogen-bond acceptors (Lipinski definition) is 17. The Kier molecular flexibility index (Phi) is 9.73. The molecule has 5 rings (SSSR count). The van der Waals surface area contributed by atoms with Gasteiger partial charge in [0.1, 0.15) is 90.7 Å². The summed E-state index contributed by atoms with van der Waals surface area (Å²) < 4.78 is 19.6. The van der Waals surface area contributed by atoms with Crippen molar-refractivity contribution in [3.63, 3.8) is 0 Å². The molecule has 19 nitrogen and oxygen atoms in total. The standard InChI is InChI=1S/C24H38N6O13/c1-8-14(32)18(36)21(39)23(41-8)9-4-30(27-25-9)7-13-17(35)20(38)22(40)24(43-13)10-5-29(28-26-10)6-12-16(34)19(37)15(33)11(42-12)2-3-31/h4-5,8,11-24,31-40H,2-3,6-7H2,1H3/t8-,11-,12-,13-,14-,15-,16-,17-,18+,19-,20+,21+,22+,23-,24-/m1/s1. The van der Waals surface area contributed by atoms with Gasteiger partial charge in [-0.25, -0.2) is 9.36 Å². The topological polar surface area (TPSA) is 291 Å². The van der Waals surface area contributed by atoms with Gasteiger partial charge in [0.2, 0.25) is 0 Å². The molecule has 2 aromatic rings. The first-order chi connectivity index (χ1) is 20.4. The predicted octanol–water partition coefficient (Wildman–Crippen LogP) is -6.13. The van der Waals surface area contributed by atoms with Crippen molar-refractivity contribution >= 4 is 0 Å². The summed E-state index contributed by atoms with van der Waals surface area (Å²) in [5.74, 6) is 0. The summed E-state index contributed by atoms with van der Waals surface area (Å²) in [6, 6.07) is 0. The first-order valence-corrected chi connectivity index (χ1v) is 13.9. The van der Waals surface area contributed by atoms with Crippen LogP contribution in [0.1, 0.15) is 36.9 Å². The maximum Gasteiger partial charge on any atom is 0.132 e. The second kappa shape index (κ2) is 13.0. The van der Waals surface area contributed by atoms with E-state index < -0.39 is 91.6 Å². The lowest BCUT2D eigenvalue weighted by atomic mass is 9.93. The number of aromatic nitrogens is 6. The van der Waals surface area contributed by atoms with Crippen LogP contribution in [0.4, 0.5) is 0 Å². The first-order valence-electron chi connectivity index (χ1n) is 13.9. The van der Waals surface area contributed by atoms with Crippen LogP contribution in [0.3, 0.4) is 0 Å². The van der Waals surface area contributed by atoms with Gasteiger partial charge >= 0.3 is 0 Å². The largest absolute Gasteiger partial charge is 0.396 e. The molecule has 0 aromatic carbocycles. The quantitative estimate of drug-likeness (QED) is 0.132. The second-order valence-corrected chi connectivity index (χ2v) is 11.2. The number of aliphatic hydroxyl groups is 10. The van der Waals surface area contributed by atoms with Gasteiger partial charge in [-0.3, -0.25) is 0 Å². The molecule has 0 saturated carbocycles. The van der Waals surface area contributed by atoms with Crippen LogP contribution in [-0.4, -0.2) is 167 Å². The van der Waals surface area contributed by atoms with Crippen LogP contribution in [-0.2, 0) is 27.3 Å². The van der Waals surface area contributed by atoms with Crippen LogP contribution in [0.15, 0.2) is 12.4 Å². The molecule has 3 aliphatic rings. The van der Waals surface area contributed by atoms with Crippen LogP contribution >= 0.6 is 0 Å². The van der Waals surface area contributed by atoms with Crippen molar-refractivity contribution in [1.29, 1.82) is 0 Å². The van der Waals surface area contributed by atoms with Crippen LogP contribution in [0, 0.1) is 0 Å². The maximum atomic E-state index is 10.7. The van der Waals surface area contributed by atoms with E-state index in [9.17, 15) is 51.1 Å². The second-order valence-electron chi connectivity index (χ2n) is 11.2. The van der Waals surface area contributed by atoms with Crippen molar-refractivity contribution in [3.8, 4) is 0 Å². The lowest BCUT2D eigenvalue weighted by molar-refractivity contribution is -0.229. The average Bonchev–Trinajstić information content (AvgIpc) is 3.65. The van der Waals surface area contributed by atoms with Crippen molar-refractivity contribution in [3.05, 3.63) is 23.8 Å². The molecule has 242 valence electrons. The van der Waals surface area contributed by atoms with Crippen LogP contribution in [0.25, 0.3) is 0 Å². The number of nitrogens with zero attached hydrogens (tertiary/aromatic N) is 6. The van der Waals surface area contributed by atoms with Gasteiger partial charge in [0.05, 0.1) is 37.7 Å². The molecule has 3 fully saturated rings. The molecule has 0 radical (unpaired) electrons. The summed E-state index contributed by atoms with van der Waals surface area (Å²) in [6.45, 7) is 0.924. The zero-order valence-corrected chi connectivity index (χ0v) is 23.0. The minimum absolute atomic E-state index is 0.0273. The van der Waals surface area contributed by atoms with Gasteiger partial charge in [-0.05, 0) is 13.3 Å². The summed E-state index contributed by atoms with van der Waals surface area (Å²) in [5.41, 5.74) is 0.211. The summed E-state index contributed by atoms with van der Waals surface area (Å²) in [5, 5.41) is 118. The Morgan fingerprint density at radius 2 is 1.02 bits per heavy atom. The number of rotatable bonds is 8. The van der Waals surface area contributed by atoms with Crippen molar-refractivity contribution < 1.29 is 65.3 Å². The zero-order chi connectivity index (χ0) is 31.2. The van der Waals surface area contributed by atoms with Crippen molar-refractivity contribution in [2.75, 3.05) is 6.61 Å². The molecule has 10 N–H and O–H groups in total. The van der Waals surface area contributed by atoms with E-state index in [2.05, 4.69) is 20.6 Å². The molecule has 3 saturated heterocycles. The molecule has 43 heavy (non-hydrogen) atoms. The summed E-state index contributed by atoms with van der Waals surface area (Å²) in [6.07, 6.45) is -16.9. The van der Waals surface area contributed by atoms with E-state index in [1.165, 1.54) is 28.7 Å². The van der Waals surface area contributed by atoms with Crippen LogP contribution in [0.2, 0.25) is 0 Å². The molecule has 0 bridgehead atoms. The predicted molar refractivity (Wildman–Crippen MR) is 135 cm³/mol. The highest BCUT2D eigenvalue weighted by atomic mass is 16.5. The first kappa shape index (κ1) is 32.2. The molecule has 0 unspecified atom stereocenters. The van der Waals surface area contributed by atoms with Gasteiger partial charge in [-0.1, -0.05) is 10.4 Å². The molecule has 5 heterocycles. The summed E-state index contributed by atoms with van der Waals surface area (Å²) in [4.78, 5) is 0. The van der Waals surface area contributed by atoms with Crippen molar-refractivity contribution in [1.82, 2.24) is 30.0 Å². The fourth-order valence-corrected chi connectivity index (χ4v) is 5.62. The fourth-order valence-electron chi connectivity index (χ4n) is 5.62. The van der Waals surface area contributed by atoms with Gasteiger partial charge in [-0.15, -0.1) is 10.2 Å². The minimum Gasteiger partial charge on any atom is -0.396 e. The molecule has 0 spiro atoms. The molecule has 0 aliphatic carbocycles. The third-order valence-electron chi connectivity index (χ3n) is 8.22.